The van der Waals surface area contributed by atoms with E-state index in [0.29, 0.717) is 11.7 Å². The molecule has 0 fully saturated rings. The maximum atomic E-state index is 11.8. The highest BCUT2D eigenvalue weighted by Crippen LogP contribution is 2.13. The summed E-state index contributed by atoms with van der Waals surface area (Å²) in [6.45, 7) is 6.60. The largest absolute Gasteiger partial charge is 0.480 e. The van der Waals surface area contributed by atoms with Gasteiger partial charge in [0.2, 0.25) is 5.89 Å². The first kappa shape index (κ1) is 15.0. The Bertz CT molecular complexity index is 471. The average Bonchev–Trinajstić information content (AvgIpc) is 2.75. The minimum absolute atomic E-state index is 0.280. The molecule has 0 bridgehead atoms. The van der Waals surface area contributed by atoms with Crippen LogP contribution in [0.1, 0.15) is 44.9 Å². The number of nitrogens with one attached hydrogen (secondary N) is 2. The normalized spacial score (nSPS) is 15.4. The lowest BCUT2D eigenvalue weighted by atomic mass is 10.00. The Morgan fingerprint density at radius 3 is 2.63 bits per heavy atom. The molecule has 0 aromatic carbocycles. The molecule has 0 saturated heterocycles. The van der Waals surface area contributed by atoms with Gasteiger partial charge in [-0.15, -0.1) is 0 Å². The standard InChI is InChI=1S/C12H19N3O4/c1-5-12(4,10(16)17)15-11(18)14-8(3)9-13-6-7(2)19-9/h6,8H,5H2,1-4H3,(H,16,17)(H2,14,15,18). The first-order valence-electron chi connectivity index (χ1n) is 6.03. The molecule has 2 atom stereocenters. The van der Waals surface area contributed by atoms with E-state index in [9.17, 15) is 9.59 Å². The smallest absolute Gasteiger partial charge is 0.329 e. The van der Waals surface area contributed by atoms with Crippen molar-refractivity contribution in [2.75, 3.05) is 0 Å². The summed E-state index contributed by atoms with van der Waals surface area (Å²) in [5, 5.41) is 14.1. The molecule has 7 heteroatoms. The van der Waals surface area contributed by atoms with Crippen LogP contribution in [0.3, 0.4) is 0 Å². The monoisotopic (exact) mass is 269 g/mol. The number of carbonyl (C=O) groups is 2. The molecule has 106 valence electrons. The third kappa shape index (κ3) is 3.70. The minimum Gasteiger partial charge on any atom is -0.480 e. The lowest BCUT2D eigenvalue weighted by molar-refractivity contribution is -0.143. The van der Waals surface area contributed by atoms with E-state index in [0.717, 1.165) is 0 Å². The van der Waals surface area contributed by atoms with Gasteiger partial charge in [-0.2, -0.15) is 0 Å². The molecule has 0 aliphatic carbocycles. The fraction of sp³-hybridized carbons (Fsp3) is 0.583. The van der Waals surface area contributed by atoms with Gasteiger partial charge in [-0.3, -0.25) is 0 Å². The summed E-state index contributed by atoms with van der Waals surface area (Å²) in [4.78, 5) is 26.8. The van der Waals surface area contributed by atoms with Gasteiger partial charge in [0.25, 0.3) is 0 Å². The van der Waals surface area contributed by atoms with Crippen LogP contribution in [-0.2, 0) is 4.79 Å². The summed E-state index contributed by atoms with van der Waals surface area (Å²) in [5.41, 5.74) is -1.30. The highest BCUT2D eigenvalue weighted by molar-refractivity contribution is 5.85. The number of carbonyl (C=O) groups excluding carboxylic acids is 1. The maximum absolute atomic E-state index is 11.8. The summed E-state index contributed by atoms with van der Waals surface area (Å²) in [6, 6.07) is -1.02. The van der Waals surface area contributed by atoms with Crippen LogP contribution in [0, 0.1) is 6.92 Å². The second-order valence-electron chi connectivity index (χ2n) is 4.62. The number of oxazole rings is 1. The molecule has 19 heavy (non-hydrogen) atoms. The Hall–Kier alpha value is -2.05. The zero-order valence-electron chi connectivity index (χ0n) is 11.5. The molecule has 2 amide bonds. The number of amides is 2. The highest BCUT2D eigenvalue weighted by atomic mass is 16.4. The molecule has 1 aromatic rings. The molecule has 0 aliphatic rings. The van der Waals surface area contributed by atoms with Crippen LogP contribution in [0.15, 0.2) is 10.6 Å². The molecule has 0 radical (unpaired) electrons. The number of hydrogen-bond acceptors (Lipinski definition) is 4. The number of aryl methyl sites for hydroxylation is 1. The van der Waals surface area contributed by atoms with E-state index in [4.69, 9.17) is 9.52 Å². The number of hydrogen-bond donors (Lipinski definition) is 3. The first-order chi connectivity index (χ1) is 8.78. The van der Waals surface area contributed by atoms with Gasteiger partial charge in [0.15, 0.2) is 0 Å². The van der Waals surface area contributed by atoms with Crippen molar-refractivity contribution in [2.45, 2.75) is 45.7 Å². The van der Waals surface area contributed by atoms with Crippen molar-refractivity contribution in [2.24, 2.45) is 0 Å². The van der Waals surface area contributed by atoms with Crippen molar-refractivity contribution in [3.8, 4) is 0 Å². The first-order valence-corrected chi connectivity index (χ1v) is 6.03. The fourth-order valence-corrected chi connectivity index (χ4v) is 1.41. The summed E-state index contributed by atoms with van der Waals surface area (Å²) in [6.07, 6.45) is 1.83. The van der Waals surface area contributed by atoms with E-state index in [2.05, 4.69) is 15.6 Å². The van der Waals surface area contributed by atoms with Gasteiger partial charge < -0.3 is 20.2 Å². The Kier molecular flexibility index (Phi) is 4.52. The number of urea groups is 1. The van der Waals surface area contributed by atoms with Gasteiger partial charge in [0, 0.05) is 0 Å². The van der Waals surface area contributed by atoms with E-state index in [-0.39, 0.29) is 6.42 Å². The van der Waals surface area contributed by atoms with Crippen LogP contribution in [0.5, 0.6) is 0 Å². The van der Waals surface area contributed by atoms with E-state index in [1.165, 1.54) is 6.92 Å². The fourth-order valence-electron chi connectivity index (χ4n) is 1.41. The van der Waals surface area contributed by atoms with Crippen LogP contribution in [0.25, 0.3) is 0 Å². The quantitative estimate of drug-likeness (QED) is 0.753. The molecular weight excluding hydrogens is 250 g/mol. The molecule has 2 unspecified atom stereocenters. The van der Waals surface area contributed by atoms with Gasteiger partial charge in [0.05, 0.1) is 6.20 Å². The van der Waals surface area contributed by atoms with E-state index in [1.54, 1.807) is 27.0 Å². The SMILES string of the molecule is CCC(C)(NC(=O)NC(C)c1ncc(C)o1)C(=O)O. The molecule has 1 aromatic heterocycles. The Labute approximate surface area is 111 Å². The number of aliphatic carboxylic acids is 1. The second-order valence-corrected chi connectivity index (χ2v) is 4.62. The number of aromatic nitrogens is 1. The Morgan fingerprint density at radius 1 is 1.58 bits per heavy atom. The Morgan fingerprint density at radius 2 is 2.21 bits per heavy atom. The molecule has 0 spiro atoms. The molecular formula is C12H19N3O4. The number of carboxylic acid groups (broad SMARTS) is 1. The van der Waals surface area contributed by atoms with Gasteiger partial charge in [-0.25, -0.2) is 14.6 Å². The molecule has 3 N–H and O–H groups in total. The van der Waals surface area contributed by atoms with E-state index < -0.39 is 23.6 Å². The van der Waals surface area contributed by atoms with Gasteiger partial charge >= 0.3 is 12.0 Å². The predicted molar refractivity (Wildman–Crippen MR) is 67.7 cm³/mol. The van der Waals surface area contributed by atoms with Crippen molar-refractivity contribution in [1.82, 2.24) is 15.6 Å². The molecule has 7 nitrogen and oxygen atoms in total. The number of carboxylic acids is 1. The van der Waals surface area contributed by atoms with Crippen LogP contribution in [-0.4, -0.2) is 27.6 Å². The van der Waals surface area contributed by atoms with Gasteiger partial charge in [0.1, 0.15) is 17.3 Å². The van der Waals surface area contributed by atoms with E-state index in [1.807, 2.05) is 0 Å². The van der Waals surface area contributed by atoms with Crippen LogP contribution >= 0.6 is 0 Å². The van der Waals surface area contributed by atoms with Crippen LogP contribution in [0.2, 0.25) is 0 Å². The van der Waals surface area contributed by atoms with Crippen LogP contribution < -0.4 is 10.6 Å². The summed E-state index contributed by atoms with van der Waals surface area (Å²) in [5.74, 6) is -0.0565. The predicted octanol–water partition coefficient (Wildman–Crippen LogP) is 1.60. The molecule has 0 aliphatic heterocycles. The molecule has 0 saturated carbocycles. The summed E-state index contributed by atoms with van der Waals surface area (Å²) < 4.78 is 5.28. The average molecular weight is 269 g/mol. The van der Waals surface area contributed by atoms with Crippen LogP contribution in [0.4, 0.5) is 4.79 Å². The third-order valence-corrected chi connectivity index (χ3v) is 2.93. The van der Waals surface area contributed by atoms with Gasteiger partial charge in [-0.1, -0.05) is 6.92 Å². The van der Waals surface area contributed by atoms with Crippen molar-refractivity contribution in [1.29, 1.82) is 0 Å². The minimum atomic E-state index is -1.30. The van der Waals surface area contributed by atoms with Crippen molar-refractivity contribution in [3.05, 3.63) is 17.8 Å². The number of nitrogens with zero attached hydrogens (tertiary/aromatic N) is 1. The Balaban J connectivity index is 2.63. The third-order valence-electron chi connectivity index (χ3n) is 2.93. The molecule has 1 rings (SSSR count). The highest BCUT2D eigenvalue weighted by Gasteiger charge is 2.33. The topological polar surface area (TPSA) is 104 Å². The molecule has 1 heterocycles. The van der Waals surface area contributed by atoms with Crippen molar-refractivity contribution < 1.29 is 19.1 Å². The zero-order chi connectivity index (χ0) is 14.6. The lowest BCUT2D eigenvalue weighted by Gasteiger charge is -2.25. The van der Waals surface area contributed by atoms with Gasteiger partial charge in [-0.05, 0) is 27.2 Å². The lowest BCUT2D eigenvalue weighted by Crippen LogP contribution is -2.55. The summed E-state index contributed by atoms with van der Waals surface area (Å²) in [7, 11) is 0. The summed E-state index contributed by atoms with van der Waals surface area (Å²) >= 11 is 0. The maximum Gasteiger partial charge on any atom is 0.329 e. The van der Waals surface area contributed by atoms with Crippen molar-refractivity contribution in [3.63, 3.8) is 0 Å². The second kappa shape index (κ2) is 5.73. The number of rotatable bonds is 5. The zero-order valence-corrected chi connectivity index (χ0v) is 11.5. The van der Waals surface area contributed by atoms with Crippen molar-refractivity contribution >= 4 is 12.0 Å². The van der Waals surface area contributed by atoms with E-state index >= 15 is 0 Å².